The summed E-state index contributed by atoms with van der Waals surface area (Å²) in [4.78, 5) is 3.01. The number of halogens is 1. The van der Waals surface area contributed by atoms with E-state index in [4.69, 9.17) is 12.2 Å². The minimum Gasteiger partial charge on any atom is -0.336 e. The summed E-state index contributed by atoms with van der Waals surface area (Å²) in [6.45, 7) is 0. The first kappa shape index (κ1) is 11.9. The highest BCUT2D eigenvalue weighted by Gasteiger charge is 2.08. The zero-order chi connectivity index (χ0) is 13.2. The van der Waals surface area contributed by atoms with Gasteiger partial charge in [-0.2, -0.15) is 0 Å². The summed E-state index contributed by atoms with van der Waals surface area (Å²) in [6.07, 6.45) is 1.84. The molecule has 0 atom stereocenters. The SMILES string of the molecule is Fc1cccc(-n2c(-c3ccccc3)c[nH]c2=S)c1. The molecule has 0 spiro atoms. The summed E-state index contributed by atoms with van der Waals surface area (Å²) in [5.74, 6) is -0.278. The molecule has 3 rings (SSSR count). The summed E-state index contributed by atoms with van der Waals surface area (Å²) >= 11 is 5.28. The second kappa shape index (κ2) is 4.82. The lowest BCUT2D eigenvalue weighted by molar-refractivity contribution is 0.626. The lowest BCUT2D eigenvalue weighted by atomic mass is 10.1. The first-order chi connectivity index (χ1) is 9.25. The molecule has 0 aliphatic heterocycles. The number of aromatic nitrogens is 2. The first-order valence-electron chi connectivity index (χ1n) is 5.87. The average Bonchev–Trinajstić information content (AvgIpc) is 2.82. The van der Waals surface area contributed by atoms with Gasteiger partial charge in [-0.15, -0.1) is 0 Å². The van der Waals surface area contributed by atoms with E-state index in [0.29, 0.717) is 10.5 Å². The summed E-state index contributed by atoms with van der Waals surface area (Å²) < 4.78 is 15.7. The van der Waals surface area contributed by atoms with Crippen LogP contribution in [-0.2, 0) is 0 Å². The number of H-pyrrole nitrogens is 1. The molecule has 0 aliphatic carbocycles. The number of benzene rings is 2. The quantitative estimate of drug-likeness (QED) is 0.687. The van der Waals surface area contributed by atoms with Gasteiger partial charge in [0.05, 0.1) is 11.4 Å². The van der Waals surface area contributed by atoms with Crippen LogP contribution in [0.5, 0.6) is 0 Å². The van der Waals surface area contributed by atoms with Crippen molar-refractivity contribution in [1.82, 2.24) is 9.55 Å². The largest absolute Gasteiger partial charge is 0.336 e. The Morgan fingerprint density at radius 2 is 1.79 bits per heavy atom. The van der Waals surface area contributed by atoms with Crippen molar-refractivity contribution in [3.63, 3.8) is 0 Å². The van der Waals surface area contributed by atoms with Crippen LogP contribution in [0.25, 0.3) is 16.9 Å². The number of nitrogens with zero attached hydrogens (tertiary/aromatic N) is 1. The lowest BCUT2D eigenvalue weighted by Crippen LogP contribution is -1.97. The van der Waals surface area contributed by atoms with Crippen LogP contribution in [-0.4, -0.2) is 9.55 Å². The summed E-state index contributed by atoms with van der Waals surface area (Å²) in [5.41, 5.74) is 2.65. The zero-order valence-corrected chi connectivity index (χ0v) is 10.8. The summed E-state index contributed by atoms with van der Waals surface area (Å²) in [7, 11) is 0. The normalized spacial score (nSPS) is 10.6. The van der Waals surface area contributed by atoms with Gasteiger partial charge < -0.3 is 4.98 Å². The monoisotopic (exact) mass is 270 g/mol. The van der Waals surface area contributed by atoms with Crippen molar-refractivity contribution in [3.8, 4) is 16.9 Å². The third-order valence-corrected chi connectivity index (χ3v) is 3.21. The molecule has 94 valence electrons. The molecule has 0 fully saturated rings. The van der Waals surface area contributed by atoms with Gasteiger partial charge in [-0.3, -0.25) is 4.57 Å². The highest BCUT2D eigenvalue weighted by molar-refractivity contribution is 7.71. The second-order valence-electron chi connectivity index (χ2n) is 4.16. The number of aromatic amines is 1. The Labute approximate surface area is 115 Å². The molecular formula is C15H11FN2S. The highest BCUT2D eigenvalue weighted by atomic mass is 32.1. The van der Waals surface area contributed by atoms with E-state index in [-0.39, 0.29) is 5.82 Å². The van der Waals surface area contributed by atoms with E-state index in [1.54, 1.807) is 6.07 Å². The number of nitrogens with one attached hydrogen (secondary N) is 1. The Morgan fingerprint density at radius 3 is 2.53 bits per heavy atom. The Kier molecular flexibility index (Phi) is 3.01. The molecule has 0 amide bonds. The predicted octanol–water partition coefficient (Wildman–Crippen LogP) is 4.34. The molecule has 0 bridgehead atoms. The smallest absolute Gasteiger partial charge is 0.182 e. The van der Waals surface area contributed by atoms with Crippen molar-refractivity contribution in [2.45, 2.75) is 0 Å². The molecule has 2 aromatic carbocycles. The van der Waals surface area contributed by atoms with Crippen molar-refractivity contribution < 1.29 is 4.39 Å². The van der Waals surface area contributed by atoms with Gasteiger partial charge >= 0.3 is 0 Å². The maximum Gasteiger partial charge on any atom is 0.182 e. The van der Waals surface area contributed by atoms with Crippen molar-refractivity contribution in [1.29, 1.82) is 0 Å². The summed E-state index contributed by atoms with van der Waals surface area (Å²) in [6, 6.07) is 16.3. The third kappa shape index (κ3) is 2.22. The number of rotatable bonds is 2. The molecule has 2 nitrogen and oxygen atoms in total. The zero-order valence-electron chi connectivity index (χ0n) is 10.0. The van der Waals surface area contributed by atoms with Gasteiger partial charge in [-0.1, -0.05) is 36.4 Å². The predicted molar refractivity (Wildman–Crippen MR) is 76.3 cm³/mol. The highest BCUT2D eigenvalue weighted by Crippen LogP contribution is 2.23. The van der Waals surface area contributed by atoms with Crippen LogP contribution in [0.2, 0.25) is 0 Å². The van der Waals surface area contributed by atoms with Crippen LogP contribution in [0.1, 0.15) is 0 Å². The van der Waals surface area contributed by atoms with E-state index >= 15 is 0 Å². The minimum absolute atomic E-state index is 0.278. The van der Waals surface area contributed by atoms with Gasteiger partial charge in [0.1, 0.15) is 5.82 Å². The molecule has 0 saturated heterocycles. The van der Waals surface area contributed by atoms with Crippen LogP contribution >= 0.6 is 12.2 Å². The molecule has 0 aliphatic rings. The Bertz CT molecular complexity index is 759. The number of hydrogen-bond acceptors (Lipinski definition) is 1. The van der Waals surface area contributed by atoms with E-state index in [1.807, 2.05) is 47.2 Å². The number of imidazole rings is 1. The van der Waals surface area contributed by atoms with E-state index in [1.165, 1.54) is 12.1 Å². The fraction of sp³-hybridized carbons (Fsp3) is 0. The Hall–Kier alpha value is -2.20. The fourth-order valence-corrected chi connectivity index (χ4v) is 2.32. The molecule has 3 aromatic rings. The number of hydrogen-bond donors (Lipinski definition) is 1. The molecule has 1 aromatic heterocycles. The summed E-state index contributed by atoms with van der Waals surface area (Å²) in [5, 5.41) is 0. The minimum atomic E-state index is -0.278. The van der Waals surface area contributed by atoms with Gasteiger partial charge in [0, 0.05) is 11.8 Å². The van der Waals surface area contributed by atoms with Crippen LogP contribution in [0, 0.1) is 10.6 Å². The van der Waals surface area contributed by atoms with Crippen LogP contribution in [0.4, 0.5) is 4.39 Å². The van der Waals surface area contributed by atoms with Gasteiger partial charge in [0.15, 0.2) is 4.77 Å². The van der Waals surface area contributed by atoms with Crippen LogP contribution < -0.4 is 0 Å². The maximum absolute atomic E-state index is 13.4. The standard InChI is InChI=1S/C15H11FN2S/c16-12-7-4-8-13(9-12)18-14(10-17-15(18)19)11-5-2-1-3-6-11/h1-10H,(H,17,19). The maximum atomic E-state index is 13.4. The van der Waals surface area contributed by atoms with Crippen LogP contribution in [0.3, 0.4) is 0 Å². The average molecular weight is 270 g/mol. The van der Waals surface area contributed by atoms with Gasteiger partial charge in [-0.05, 0) is 30.4 Å². The van der Waals surface area contributed by atoms with Crippen LogP contribution in [0.15, 0.2) is 60.8 Å². The van der Waals surface area contributed by atoms with Crippen molar-refractivity contribution >= 4 is 12.2 Å². The molecule has 4 heteroatoms. The molecule has 19 heavy (non-hydrogen) atoms. The molecule has 0 saturated carbocycles. The lowest BCUT2D eigenvalue weighted by Gasteiger charge is -2.08. The topological polar surface area (TPSA) is 20.7 Å². The fourth-order valence-electron chi connectivity index (χ4n) is 2.06. The van der Waals surface area contributed by atoms with Crippen molar-refractivity contribution in [3.05, 3.63) is 71.4 Å². The molecular weight excluding hydrogens is 259 g/mol. The van der Waals surface area contributed by atoms with E-state index in [9.17, 15) is 4.39 Å². The second-order valence-corrected chi connectivity index (χ2v) is 4.55. The van der Waals surface area contributed by atoms with Crippen molar-refractivity contribution in [2.24, 2.45) is 0 Å². The Balaban J connectivity index is 2.23. The van der Waals surface area contributed by atoms with Crippen molar-refractivity contribution in [2.75, 3.05) is 0 Å². The molecule has 1 heterocycles. The third-order valence-electron chi connectivity index (χ3n) is 2.91. The van der Waals surface area contributed by atoms with Gasteiger partial charge in [0.2, 0.25) is 0 Å². The van der Waals surface area contributed by atoms with Gasteiger partial charge in [-0.25, -0.2) is 4.39 Å². The van der Waals surface area contributed by atoms with E-state index in [2.05, 4.69) is 4.98 Å². The van der Waals surface area contributed by atoms with E-state index < -0.39 is 0 Å². The Morgan fingerprint density at radius 1 is 1.00 bits per heavy atom. The van der Waals surface area contributed by atoms with E-state index in [0.717, 1.165) is 11.3 Å². The molecule has 0 unspecified atom stereocenters. The molecule has 1 N–H and O–H groups in total. The first-order valence-corrected chi connectivity index (χ1v) is 6.28. The van der Waals surface area contributed by atoms with Gasteiger partial charge in [0.25, 0.3) is 0 Å². The molecule has 0 radical (unpaired) electrons.